The third kappa shape index (κ3) is 3.98. The van der Waals surface area contributed by atoms with Gasteiger partial charge in [-0.3, -0.25) is 13.9 Å². The molecule has 0 unspecified atom stereocenters. The molecule has 0 amide bonds. The monoisotopic (exact) mass is 341 g/mol. The first kappa shape index (κ1) is 16.8. The van der Waals surface area contributed by atoms with Gasteiger partial charge in [0.05, 0.1) is 0 Å². The van der Waals surface area contributed by atoms with E-state index in [1.165, 1.54) is 40.8 Å². The second kappa shape index (κ2) is 7.59. The number of anilines is 1. The highest BCUT2D eigenvalue weighted by Gasteiger charge is 2.09. The number of nitrogens with zero attached hydrogens (tertiary/aromatic N) is 4. The Morgan fingerprint density at radius 1 is 1.27 bits per heavy atom. The molecule has 2 aromatic heterocycles. The van der Waals surface area contributed by atoms with Crippen molar-refractivity contribution < 1.29 is 0 Å². The van der Waals surface area contributed by atoms with Gasteiger partial charge in [-0.25, -0.2) is 4.79 Å². The van der Waals surface area contributed by atoms with Crippen molar-refractivity contribution in [2.45, 2.75) is 29.9 Å². The number of hydrogen-bond acceptors (Lipinski definition) is 7. The fraction of sp³-hybridized carbons (Fsp3) is 0.538. The van der Waals surface area contributed by atoms with Gasteiger partial charge in [0.15, 0.2) is 4.34 Å². The van der Waals surface area contributed by atoms with Crippen molar-refractivity contribution in [3.05, 3.63) is 32.6 Å². The second-order valence-corrected chi connectivity index (χ2v) is 7.02. The minimum absolute atomic E-state index is 0.294. The summed E-state index contributed by atoms with van der Waals surface area (Å²) in [4.78, 5) is 23.5. The van der Waals surface area contributed by atoms with Gasteiger partial charge in [0.1, 0.15) is 0 Å². The summed E-state index contributed by atoms with van der Waals surface area (Å²) in [6.07, 6.45) is 2.22. The fourth-order valence-corrected chi connectivity index (χ4v) is 3.56. The van der Waals surface area contributed by atoms with Crippen LogP contribution in [0.25, 0.3) is 0 Å². The molecular weight excluding hydrogens is 322 g/mol. The predicted octanol–water partition coefficient (Wildman–Crippen LogP) is 1.44. The van der Waals surface area contributed by atoms with E-state index in [1.54, 1.807) is 7.05 Å². The standard InChI is InChI=1S/C13H19N5O2S2/c1-4-5-6-14-11-15-16-12(22-11)21-8-9-7-10(19)18(3)13(20)17(9)2/h7H,4-6,8H2,1-3H3,(H,14,15). The van der Waals surface area contributed by atoms with Crippen molar-refractivity contribution in [2.24, 2.45) is 14.1 Å². The van der Waals surface area contributed by atoms with Gasteiger partial charge in [-0.2, -0.15) is 0 Å². The van der Waals surface area contributed by atoms with E-state index < -0.39 is 0 Å². The highest BCUT2D eigenvalue weighted by Crippen LogP contribution is 2.27. The second-order valence-electron chi connectivity index (χ2n) is 4.82. The summed E-state index contributed by atoms with van der Waals surface area (Å²) in [6.45, 7) is 3.02. The molecule has 7 nitrogen and oxygen atoms in total. The first-order valence-electron chi connectivity index (χ1n) is 6.99. The number of nitrogens with one attached hydrogen (secondary N) is 1. The Labute approximate surface area is 136 Å². The Morgan fingerprint density at radius 2 is 2.05 bits per heavy atom. The molecule has 0 saturated carbocycles. The lowest BCUT2D eigenvalue weighted by molar-refractivity contribution is 0.665. The Hall–Kier alpha value is -1.61. The number of unbranched alkanes of at least 4 members (excludes halogenated alkanes) is 1. The average molecular weight is 341 g/mol. The van der Waals surface area contributed by atoms with E-state index in [4.69, 9.17) is 0 Å². The van der Waals surface area contributed by atoms with Gasteiger partial charge in [-0.15, -0.1) is 10.2 Å². The van der Waals surface area contributed by atoms with Crippen LogP contribution in [0.15, 0.2) is 20.0 Å². The third-order valence-electron chi connectivity index (χ3n) is 3.18. The molecular formula is C13H19N5O2S2. The van der Waals surface area contributed by atoms with Gasteiger partial charge in [-0.05, 0) is 6.42 Å². The first-order valence-corrected chi connectivity index (χ1v) is 8.79. The molecule has 0 radical (unpaired) electrons. The zero-order valence-corrected chi connectivity index (χ0v) is 14.5. The lowest BCUT2D eigenvalue weighted by Crippen LogP contribution is -2.37. The van der Waals surface area contributed by atoms with Gasteiger partial charge in [0.25, 0.3) is 5.56 Å². The minimum atomic E-state index is -0.317. The summed E-state index contributed by atoms with van der Waals surface area (Å²) in [6, 6.07) is 1.48. The molecule has 0 aliphatic rings. The Kier molecular flexibility index (Phi) is 5.78. The topological polar surface area (TPSA) is 81.8 Å². The van der Waals surface area contributed by atoms with E-state index in [-0.39, 0.29) is 11.2 Å². The third-order valence-corrected chi connectivity index (χ3v) is 5.23. The molecule has 0 fully saturated rings. The molecule has 0 aliphatic carbocycles. The fourth-order valence-electron chi connectivity index (χ4n) is 1.76. The molecule has 0 bridgehead atoms. The normalized spacial score (nSPS) is 10.9. The zero-order chi connectivity index (χ0) is 16.1. The van der Waals surface area contributed by atoms with Gasteiger partial charge in [-0.1, -0.05) is 36.4 Å². The van der Waals surface area contributed by atoms with Gasteiger partial charge in [0, 0.05) is 38.2 Å². The summed E-state index contributed by atoms with van der Waals surface area (Å²) < 4.78 is 3.39. The van der Waals surface area contributed by atoms with Crippen LogP contribution in [0.3, 0.4) is 0 Å². The van der Waals surface area contributed by atoms with Crippen LogP contribution >= 0.6 is 23.1 Å². The predicted molar refractivity (Wildman–Crippen MR) is 89.8 cm³/mol. The average Bonchev–Trinajstić information content (AvgIpc) is 2.95. The first-order chi connectivity index (χ1) is 10.5. The number of thioether (sulfide) groups is 1. The Bertz CT molecular complexity index is 750. The van der Waals surface area contributed by atoms with Crippen LogP contribution in [0.2, 0.25) is 0 Å². The lowest BCUT2D eigenvalue weighted by Gasteiger charge is -2.07. The molecule has 2 heterocycles. The summed E-state index contributed by atoms with van der Waals surface area (Å²) in [7, 11) is 3.14. The van der Waals surface area contributed by atoms with E-state index in [9.17, 15) is 9.59 Å². The molecule has 0 saturated heterocycles. The van der Waals surface area contributed by atoms with E-state index in [1.807, 2.05) is 0 Å². The Morgan fingerprint density at radius 3 is 2.77 bits per heavy atom. The molecule has 2 rings (SSSR count). The van der Waals surface area contributed by atoms with Gasteiger partial charge in [0.2, 0.25) is 5.13 Å². The summed E-state index contributed by atoms with van der Waals surface area (Å²) >= 11 is 2.95. The van der Waals surface area contributed by atoms with Crippen LogP contribution in [-0.4, -0.2) is 25.9 Å². The van der Waals surface area contributed by atoms with E-state index in [0.29, 0.717) is 11.4 Å². The molecule has 9 heteroatoms. The largest absolute Gasteiger partial charge is 0.360 e. The van der Waals surface area contributed by atoms with Crippen molar-refractivity contribution in [3.8, 4) is 0 Å². The van der Waals surface area contributed by atoms with Crippen LogP contribution in [0, 0.1) is 0 Å². The van der Waals surface area contributed by atoms with Crippen molar-refractivity contribution in [2.75, 3.05) is 11.9 Å². The van der Waals surface area contributed by atoms with Crippen molar-refractivity contribution in [3.63, 3.8) is 0 Å². The van der Waals surface area contributed by atoms with Crippen LogP contribution in [0.4, 0.5) is 5.13 Å². The van der Waals surface area contributed by atoms with Crippen LogP contribution in [0.5, 0.6) is 0 Å². The number of rotatable bonds is 7. The van der Waals surface area contributed by atoms with E-state index in [2.05, 4.69) is 22.4 Å². The molecule has 0 spiro atoms. The summed E-state index contributed by atoms with van der Waals surface area (Å²) in [5, 5.41) is 12.2. The number of aromatic nitrogens is 4. The molecule has 0 atom stereocenters. The molecule has 0 aliphatic heterocycles. The molecule has 120 valence electrons. The maximum atomic E-state index is 11.9. The quantitative estimate of drug-likeness (QED) is 0.606. The maximum absolute atomic E-state index is 11.9. The molecule has 22 heavy (non-hydrogen) atoms. The molecule has 1 N–H and O–H groups in total. The van der Waals surface area contributed by atoms with E-state index in [0.717, 1.165) is 33.4 Å². The van der Waals surface area contributed by atoms with Crippen molar-refractivity contribution >= 4 is 28.2 Å². The zero-order valence-electron chi connectivity index (χ0n) is 12.8. The van der Waals surface area contributed by atoms with Crippen LogP contribution < -0.4 is 16.6 Å². The van der Waals surface area contributed by atoms with Crippen LogP contribution in [-0.2, 0) is 19.8 Å². The Balaban J connectivity index is 2.02. The lowest BCUT2D eigenvalue weighted by atomic mass is 10.3. The summed E-state index contributed by atoms with van der Waals surface area (Å²) in [5.74, 6) is 0.505. The minimum Gasteiger partial charge on any atom is -0.360 e. The molecule has 2 aromatic rings. The smallest absolute Gasteiger partial charge is 0.330 e. The van der Waals surface area contributed by atoms with E-state index >= 15 is 0 Å². The van der Waals surface area contributed by atoms with Crippen molar-refractivity contribution in [1.82, 2.24) is 19.3 Å². The van der Waals surface area contributed by atoms with Gasteiger partial charge < -0.3 is 5.32 Å². The maximum Gasteiger partial charge on any atom is 0.330 e. The van der Waals surface area contributed by atoms with Gasteiger partial charge >= 0.3 is 5.69 Å². The molecule has 0 aromatic carbocycles. The van der Waals surface area contributed by atoms with Crippen molar-refractivity contribution in [1.29, 1.82) is 0 Å². The summed E-state index contributed by atoms with van der Waals surface area (Å²) in [5.41, 5.74) is 0.0639. The van der Waals surface area contributed by atoms with Crippen LogP contribution in [0.1, 0.15) is 25.5 Å². The highest BCUT2D eigenvalue weighted by molar-refractivity contribution is 8.00. The highest BCUT2D eigenvalue weighted by atomic mass is 32.2. The number of hydrogen-bond donors (Lipinski definition) is 1. The SMILES string of the molecule is CCCCNc1nnc(SCc2cc(=O)n(C)c(=O)n2C)s1.